The highest BCUT2D eigenvalue weighted by molar-refractivity contribution is 9.10. The summed E-state index contributed by atoms with van der Waals surface area (Å²) < 4.78 is 19.8. The Labute approximate surface area is 114 Å². The smallest absolute Gasteiger partial charge is 0.165 e. The van der Waals surface area contributed by atoms with Gasteiger partial charge in [-0.3, -0.25) is 0 Å². The van der Waals surface area contributed by atoms with Gasteiger partial charge >= 0.3 is 0 Å². The Balaban J connectivity index is 2.28. The van der Waals surface area contributed by atoms with Crippen molar-refractivity contribution in [2.24, 2.45) is 5.73 Å². The van der Waals surface area contributed by atoms with Gasteiger partial charge in [0.05, 0.1) is 0 Å². The van der Waals surface area contributed by atoms with E-state index in [1.54, 1.807) is 18.2 Å². The van der Waals surface area contributed by atoms with Gasteiger partial charge in [0.25, 0.3) is 0 Å². The number of hydrogen-bond donors (Lipinski definition) is 1. The second kappa shape index (κ2) is 5.50. The molecule has 0 radical (unpaired) electrons. The van der Waals surface area contributed by atoms with Gasteiger partial charge in [-0.25, -0.2) is 4.39 Å². The summed E-state index contributed by atoms with van der Waals surface area (Å²) in [4.78, 5) is 0. The van der Waals surface area contributed by atoms with Crippen LogP contribution in [0.15, 0.2) is 46.9 Å². The van der Waals surface area contributed by atoms with Crippen molar-refractivity contribution in [1.29, 1.82) is 0 Å². The number of ether oxygens (including phenoxy) is 1. The van der Waals surface area contributed by atoms with Gasteiger partial charge in [-0.2, -0.15) is 0 Å². The normalized spacial score (nSPS) is 12.2. The fourth-order valence-electron chi connectivity index (χ4n) is 1.54. The maximum absolute atomic E-state index is 13.5. The van der Waals surface area contributed by atoms with Crippen molar-refractivity contribution in [3.05, 3.63) is 58.3 Å². The third-order valence-electron chi connectivity index (χ3n) is 2.50. The van der Waals surface area contributed by atoms with Gasteiger partial charge in [-0.05, 0) is 42.8 Å². The lowest BCUT2D eigenvalue weighted by Gasteiger charge is -2.10. The van der Waals surface area contributed by atoms with Crippen molar-refractivity contribution >= 4 is 15.9 Å². The van der Waals surface area contributed by atoms with E-state index >= 15 is 0 Å². The Kier molecular flexibility index (Phi) is 3.99. The molecular formula is C14H13BrFNO. The predicted octanol–water partition coefficient (Wildman–Crippen LogP) is 4.40. The van der Waals surface area contributed by atoms with Crippen LogP contribution in [-0.4, -0.2) is 0 Å². The minimum atomic E-state index is -0.399. The van der Waals surface area contributed by atoms with Gasteiger partial charge in [0.2, 0.25) is 0 Å². The topological polar surface area (TPSA) is 35.2 Å². The Morgan fingerprint density at radius 1 is 1.22 bits per heavy atom. The first kappa shape index (κ1) is 13.1. The molecule has 2 nitrogen and oxygen atoms in total. The van der Waals surface area contributed by atoms with Crippen LogP contribution < -0.4 is 10.5 Å². The highest BCUT2D eigenvalue weighted by Crippen LogP contribution is 2.28. The Morgan fingerprint density at radius 3 is 2.72 bits per heavy atom. The average molecular weight is 310 g/mol. The van der Waals surface area contributed by atoms with Crippen LogP contribution in [0.1, 0.15) is 18.5 Å². The van der Waals surface area contributed by atoms with Crippen LogP contribution in [0.4, 0.5) is 4.39 Å². The lowest BCUT2D eigenvalue weighted by atomic mass is 10.1. The molecule has 0 aliphatic rings. The fraction of sp³-hybridized carbons (Fsp3) is 0.143. The molecule has 2 rings (SSSR count). The van der Waals surface area contributed by atoms with Gasteiger partial charge < -0.3 is 10.5 Å². The first-order valence-electron chi connectivity index (χ1n) is 5.54. The molecule has 0 heterocycles. The summed E-state index contributed by atoms with van der Waals surface area (Å²) in [5, 5.41) is 0. The van der Waals surface area contributed by atoms with Crippen LogP contribution >= 0.6 is 15.9 Å². The van der Waals surface area contributed by atoms with E-state index in [0.717, 1.165) is 10.0 Å². The summed E-state index contributed by atoms with van der Waals surface area (Å²) in [6.07, 6.45) is 0. The van der Waals surface area contributed by atoms with Gasteiger partial charge in [0, 0.05) is 10.5 Å². The number of benzene rings is 2. The largest absolute Gasteiger partial charge is 0.454 e. The van der Waals surface area contributed by atoms with E-state index in [1.165, 1.54) is 6.07 Å². The van der Waals surface area contributed by atoms with Crippen molar-refractivity contribution in [2.75, 3.05) is 0 Å². The molecule has 0 aliphatic carbocycles. The number of halogens is 2. The van der Waals surface area contributed by atoms with Crippen molar-refractivity contribution in [3.8, 4) is 11.5 Å². The van der Waals surface area contributed by atoms with E-state index in [4.69, 9.17) is 10.5 Å². The Bertz CT molecular complexity index is 557. The van der Waals surface area contributed by atoms with E-state index < -0.39 is 5.82 Å². The Hall–Kier alpha value is -1.39. The third-order valence-corrected chi connectivity index (χ3v) is 3.00. The second-order valence-electron chi connectivity index (χ2n) is 4.04. The van der Waals surface area contributed by atoms with Crippen molar-refractivity contribution in [3.63, 3.8) is 0 Å². The molecule has 0 saturated heterocycles. The van der Waals surface area contributed by atoms with Crippen molar-refractivity contribution in [1.82, 2.24) is 0 Å². The van der Waals surface area contributed by atoms with Crippen LogP contribution in [0.2, 0.25) is 0 Å². The molecular weight excluding hydrogens is 297 g/mol. The number of rotatable bonds is 3. The van der Waals surface area contributed by atoms with Gasteiger partial charge in [-0.15, -0.1) is 0 Å². The van der Waals surface area contributed by atoms with Crippen LogP contribution in [0.5, 0.6) is 11.5 Å². The zero-order valence-electron chi connectivity index (χ0n) is 9.86. The SMILES string of the molecule is CC(N)c1cccc(Oc2cc(Br)ccc2F)c1. The summed E-state index contributed by atoms with van der Waals surface area (Å²) >= 11 is 3.28. The highest BCUT2D eigenvalue weighted by atomic mass is 79.9. The van der Waals surface area contributed by atoms with E-state index in [9.17, 15) is 4.39 Å². The third kappa shape index (κ3) is 3.09. The Morgan fingerprint density at radius 2 is 2.00 bits per heavy atom. The predicted molar refractivity (Wildman–Crippen MR) is 73.2 cm³/mol. The molecule has 2 aromatic rings. The van der Waals surface area contributed by atoms with E-state index in [-0.39, 0.29) is 11.8 Å². The van der Waals surface area contributed by atoms with Gasteiger partial charge in [-0.1, -0.05) is 28.1 Å². The standard InChI is InChI=1S/C14H13BrFNO/c1-9(17)10-3-2-4-12(7-10)18-14-8-11(15)5-6-13(14)16/h2-9H,17H2,1H3. The molecule has 4 heteroatoms. The molecule has 0 saturated carbocycles. The number of hydrogen-bond acceptors (Lipinski definition) is 2. The molecule has 1 atom stereocenters. The zero-order valence-corrected chi connectivity index (χ0v) is 11.4. The van der Waals surface area contributed by atoms with Crippen LogP contribution in [-0.2, 0) is 0 Å². The molecule has 0 aromatic heterocycles. The minimum Gasteiger partial charge on any atom is -0.454 e. The molecule has 0 amide bonds. The quantitative estimate of drug-likeness (QED) is 0.912. The maximum Gasteiger partial charge on any atom is 0.165 e. The van der Waals surface area contributed by atoms with Crippen LogP contribution in [0.3, 0.4) is 0 Å². The van der Waals surface area contributed by atoms with E-state index in [0.29, 0.717) is 5.75 Å². The zero-order chi connectivity index (χ0) is 13.1. The van der Waals surface area contributed by atoms with Gasteiger partial charge in [0.15, 0.2) is 11.6 Å². The molecule has 0 fully saturated rings. The highest BCUT2D eigenvalue weighted by Gasteiger charge is 2.07. The lowest BCUT2D eigenvalue weighted by molar-refractivity contribution is 0.441. The molecule has 2 N–H and O–H groups in total. The van der Waals surface area contributed by atoms with Gasteiger partial charge in [0.1, 0.15) is 5.75 Å². The first-order chi connectivity index (χ1) is 8.56. The fourth-order valence-corrected chi connectivity index (χ4v) is 1.88. The van der Waals surface area contributed by atoms with E-state index in [1.807, 2.05) is 25.1 Å². The summed E-state index contributed by atoms with van der Waals surface area (Å²) in [6, 6.07) is 11.8. The van der Waals surface area contributed by atoms with E-state index in [2.05, 4.69) is 15.9 Å². The van der Waals surface area contributed by atoms with Crippen LogP contribution in [0, 0.1) is 5.82 Å². The number of nitrogens with two attached hydrogens (primary N) is 1. The molecule has 0 bridgehead atoms. The summed E-state index contributed by atoms with van der Waals surface area (Å²) in [5.41, 5.74) is 6.74. The summed E-state index contributed by atoms with van der Waals surface area (Å²) in [6.45, 7) is 1.89. The minimum absolute atomic E-state index is 0.0825. The molecule has 0 aliphatic heterocycles. The molecule has 1 unspecified atom stereocenters. The molecule has 18 heavy (non-hydrogen) atoms. The summed E-state index contributed by atoms with van der Waals surface area (Å²) in [5.74, 6) is 0.359. The van der Waals surface area contributed by atoms with Crippen LogP contribution in [0.25, 0.3) is 0 Å². The van der Waals surface area contributed by atoms with Crippen molar-refractivity contribution < 1.29 is 9.13 Å². The molecule has 2 aromatic carbocycles. The average Bonchev–Trinajstić information content (AvgIpc) is 2.34. The summed E-state index contributed by atoms with van der Waals surface area (Å²) in [7, 11) is 0. The maximum atomic E-state index is 13.5. The first-order valence-corrected chi connectivity index (χ1v) is 6.34. The van der Waals surface area contributed by atoms with Crippen molar-refractivity contribution in [2.45, 2.75) is 13.0 Å². The second-order valence-corrected chi connectivity index (χ2v) is 4.95. The monoisotopic (exact) mass is 309 g/mol. The molecule has 94 valence electrons. The molecule has 0 spiro atoms. The lowest BCUT2D eigenvalue weighted by Crippen LogP contribution is -2.04.